The van der Waals surface area contributed by atoms with Crippen LogP contribution in [0.15, 0.2) is 36.5 Å². The van der Waals surface area contributed by atoms with Gasteiger partial charge in [0, 0.05) is 4.88 Å². The molecule has 25 heavy (non-hydrogen) atoms. The maximum atomic E-state index is 12.4. The van der Waals surface area contributed by atoms with Crippen LogP contribution in [-0.2, 0) is 19.4 Å². The van der Waals surface area contributed by atoms with Gasteiger partial charge in [-0.3, -0.25) is 10.1 Å². The number of hydrogen-bond donors (Lipinski definition) is 1. The van der Waals surface area contributed by atoms with Gasteiger partial charge in [0.25, 0.3) is 5.91 Å². The minimum absolute atomic E-state index is 0.265. The summed E-state index contributed by atoms with van der Waals surface area (Å²) in [7, 11) is 0. The summed E-state index contributed by atoms with van der Waals surface area (Å²) in [5, 5.41) is 11.5. The summed E-state index contributed by atoms with van der Waals surface area (Å²) in [5.74, 6) is 0.424. The molecule has 1 N–H and O–H groups in total. The van der Waals surface area contributed by atoms with Crippen molar-refractivity contribution in [3.63, 3.8) is 0 Å². The number of aromatic nitrogens is 4. The number of carbonyl (C=O) groups excluding carboxylic acids is 1. The molecule has 128 valence electrons. The highest BCUT2D eigenvalue weighted by Crippen LogP contribution is 2.32. The molecule has 1 aliphatic rings. The summed E-state index contributed by atoms with van der Waals surface area (Å²) in [6, 6.07) is 9.96. The van der Waals surface area contributed by atoms with Crippen LogP contribution in [0.1, 0.15) is 40.0 Å². The molecule has 6 nitrogen and oxygen atoms in total. The lowest BCUT2D eigenvalue weighted by atomic mass is 9.93. The van der Waals surface area contributed by atoms with Crippen molar-refractivity contribution in [3.05, 3.63) is 58.4 Å². The highest BCUT2D eigenvalue weighted by atomic mass is 32.1. The number of rotatable bonds is 4. The van der Waals surface area contributed by atoms with E-state index in [4.69, 9.17) is 0 Å². The molecule has 0 spiro atoms. The molecule has 7 heteroatoms. The smallest absolute Gasteiger partial charge is 0.279 e. The summed E-state index contributed by atoms with van der Waals surface area (Å²) in [4.78, 5) is 18.2. The van der Waals surface area contributed by atoms with Gasteiger partial charge in [-0.25, -0.2) is 9.67 Å². The number of amides is 1. The van der Waals surface area contributed by atoms with Crippen molar-refractivity contribution in [2.24, 2.45) is 5.92 Å². The molecule has 0 saturated heterocycles. The number of aryl methyl sites for hydroxylation is 1. The fraction of sp³-hybridized carbons (Fsp3) is 0.333. The Morgan fingerprint density at radius 3 is 3.04 bits per heavy atom. The molecule has 1 unspecified atom stereocenters. The highest BCUT2D eigenvalue weighted by Gasteiger charge is 2.21. The number of carbonyl (C=O) groups is 1. The van der Waals surface area contributed by atoms with Crippen LogP contribution in [0.3, 0.4) is 0 Å². The summed E-state index contributed by atoms with van der Waals surface area (Å²) in [5.41, 5.74) is 2.55. The number of thiazole rings is 1. The van der Waals surface area contributed by atoms with Crippen molar-refractivity contribution >= 4 is 22.4 Å². The van der Waals surface area contributed by atoms with Crippen molar-refractivity contribution in [2.45, 2.75) is 32.7 Å². The number of anilines is 1. The average Bonchev–Trinajstić information content (AvgIpc) is 3.22. The van der Waals surface area contributed by atoms with Crippen LogP contribution < -0.4 is 5.32 Å². The van der Waals surface area contributed by atoms with Crippen molar-refractivity contribution in [1.29, 1.82) is 0 Å². The largest absolute Gasteiger partial charge is 0.296 e. The van der Waals surface area contributed by atoms with Crippen molar-refractivity contribution < 1.29 is 4.79 Å². The Balaban J connectivity index is 1.43. The number of nitrogens with zero attached hydrogens (tertiary/aromatic N) is 4. The van der Waals surface area contributed by atoms with Gasteiger partial charge in [0.15, 0.2) is 10.8 Å². The van der Waals surface area contributed by atoms with Gasteiger partial charge in [0.1, 0.15) is 0 Å². The van der Waals surface area contributed by atoms with Gasteiger partial charge >= 0.3 is 0 Å². The van der Waals surface area contributed by atoms with Crippen LogP contribution in [0.5, 0.6) is 0 Å². The molecular weight excluding hydrogens is 334 g/mol. The van der Waals surface area contributed by atoms with Crippen LogP contribution in [0.2, 0.25) is 0 Å². The fourth-order valence-electron chi connectivity index (χ4n) is 3.00. The second kappa shape index (κ2) is 6.76. The third kappa shape index (κ3) is 3.61. The van der Waals surface area contributed by atoms with E-state index in [1.807, 2.05) is 30.3 Å². The monoisotopic (exact) mass is 353 g/mol. The van der Waals surface area contributed by atoms with Gasteiger partial charge in [-0.1, -0.05) is 42.5 Å². The number of benzene rings is 1. The van der Waals surface area contributed by atoms with Gasteiger partial charge in [0.05, 0.1) is 18.4 Å². The number of fused-ring (bicyclic) bond motifs is 1. The van der Waals surface area contributed by atoms with E-state index in [1.54, 1.807) is 22.2 Å². The zero-order chi connectivity index (χ0) is 17.2. The van der Waals surface area contributed by atoms with Crippen molar-refractivity contribution in [3.8, 4) is 0 Å². The molecule has 1 atom stereocenters. The topological polar surface area (TPSA) is 72.7 Å². The maximum Gasteiger partial charge on any atom is 0.279 e. The first kappa shape index (κ1) is 16.0. The molecular formula is C18H19N5OS. The quantitative estimate of drug-likeness (QED) is 0.782. The predicted molar refractivity (Wildman–Crippen MR) is 96.8 cm³/mol. The van der Waals surface area contributed by atoms with Crippen LogP contribution in [0.4, 0.5) is 5.13 Å². The molecule has 4 rings (SSSR count). The zero-order valence-corrected chi connectivity index (χ0v) is 14.8. The Kier molecular flexibility index (Phi) is 4.31. The van der Waals surface area contributed by atoms with Gasteiger partial charge in [-0.15, -0.1) is 16.4 Å². The molecule has 1 aromatic carbocycles. The standard InChI is InChI=1S/C18H19N5OS/c1-12-7-8-14-16(9-12)25-18(19-14)20-17(24)15-11-23(22-21-15)10-13-5-3-2-4-6-13/h2-6,11-12H,7-10H2,1H3,(H,19,20,24). The molecule has 0 aliphatic heterocycles. The second-order valence-corrected chi connectivity index (χ2v) is 7.56. The molecule has 0 saturated carbocycles. The molecule has 0 fully saturated rings. The van der Waals surface area contributed by atoms with E-state index in [2.05, 4.69) is 27.5 Å². The minimum Gasteiger partial charge on any atom is -0.296 e. The molecule has 2 heterocycles. The van der Waals surface area contributed by atoms with E-state index < -0.39 is 0 Å². The first-order chi connectivity index (χ1) is 12.2. The molecule has 0 bridgehead atoms. The third-order valence-corrected chi connectivity index (χ3v) is 5.40. The normalized spacial score (nSPS) is 16.4. The average molecular weight is 353 g/mol. The Hall–Kier alpha value is -2.54. The van der Waals surface area contributed by atoms with Crippen LogP contribution >= 0.6 is 11.3 Å². The van der Waals surface area contributed by atoms with Crippen LogP contribution in [0.25, 0.3) is 0 Å². The van der Waals surface area contributed by atoms with Crippen LogP contribution in [-0.4, -0.2) is 25.9 Å². The summed E-state index contributed by atoms with van der Waals surface area (Å²) in [6.07, 6.45) is 4.88. The Bertz CT molecular complexity index is 886. The van der Waals surface area contributed by atoms with Gasteiger partial charge in [-0.2, -0.15) is 0 Å². The van der Waals surface area contributed by atoms with E-state index in [0.29, 0.717) is 23.3 Å². The molecule has 1 aliphatic carbocycles. The Morgan fingerprint density at radius 2 is 2.20 bits per heavy atom. The van der Waals surface area contributed by atoms with Crippen molar-refractivity contribution in [1.82, 2.24) is 20.0 Å². The highest BCUT2D eigenvalue weighted by molar-refractivity contribution is 7.15. The minimum atomic E-state index is -0.265. The summed E-state index contributed by atoms with van der Waals surface area (Å²) < 4.78 is 1.67. The first-order valence-electron chi connectivity index (χ1n) is 8.41. The summed E-state index contributed by atoms with van der Waals surface area (Å²) >= 11 is 1.57. The lowest BCUT2D eigenvalue weighted by Gasteiger charge is -2.15. The fourth-order valence-corrected chi connectivity index (χ4v) is 4.17. The van der Waals surface area contributed by atoms with Gasteiger partial charge in [0.2, 0.25) is 0 Å². The molecule has 3 aromatic rings. The lowest BCUT2D eigenvalue weighted by molar-refractivity contribution is 0.102. The van der Waals surface area contributed by atoms with Crippen molar-refractivity contribution in [2.75, 3.05) is 5.32 Å². The van der Waals surface area contributed by atoms with E-state index in [-0.39, 0.29) is 5.91 Å². The zero-order valence-electron chi connectivity index (χ0n) is 14.0. The summed E-state index contributed by atoms with van der Waals surface area (Å²) in [6.45, 7) is 2.84. The predicted octanol–water partition coefficient (Wildman–Crippen LogP) is 3.16. The SMILES string of the molecule is CC1CCc2nc(NC(=O)c3cn(Cc4ccccc4)nn3)sc2C1. The number of hydrogen-bond acceptors (Lipinski definition) is 5. The van der Waals surface area contributed by atoms with Crippen LogP contribution in [0, 0.1) is 5.92 Å². The van der Waals surface area contributed by atoms with E-state index in [0.717, 1.165) is 30.5 Å². The number of nitrogens with one attached hydrogen (secondary N) is 1. The first-order valence-corrected chi connectivity index (χ1v) is 9.23. The molecule has 1 amide bonds. The van der Waals surface area contributed by atoms with E-state index in [9.17, 15) is 4.79 Å². The Morgan fingerprint density at radius 1 is 1.36 bits per heavy atom. The Labute approximate surface area is 149 Å². The third-order valence-electron chi connectivity index (χ3n) is 4.37. The van der Waals surface area contributed by atoms with E-state index >= 15 is 0 Å². The van der Waals surface area contributed by atoms with Gasteiger partial charge in [-0.05, 0) is 30.7 Å². The van der Waals surface area contributed by atoms with E-state index in [1.165, 1.54) is 4.88 Å². The maximum absolute atomic E-state index is 12.4. The molecule has 2 aromatic heterocycles. The van der Waals surface area contributed by atoms with Gasteiger partial charge < -0.3 is 0 Å². The molecule has 0 radical (unpaired) electrons. The second-order valence-electron chi connectivity index (χ2n) is 6.48. The lowest BCUT2D eigenvalue weighted by Crippen LogP contribution is -2.12.